The average Bonchev–Trinajstić information content (AvgIpc) is 3.14. The van der Waals surface area contributed by atoms with E-state index in [-0.39, 0.29) is 5.92 Å². The van der Waals surface area contributed by atoms with Crippen molar-refractivity contribution in [2.75, 3.05) is 5.32 Å². The Kier molecular flexibility index (Phi) is 5.86. The summed E-state index contributed by atoms with van der Waals surface area (Å²) in [5.74, 6) is -0.0418. The zero-order chi connectivity index (χ0) is 20.3. The van der Waals surface area contributed by atoms with Crippen molar-refractivity contribution in [1.82, 2.24) is 9.55 Å². The molecule has 1 amide bonds. The molecule has 0 bridgehead atoms. The van der Waals surface area contributed by atoms with Gasteiger partial charge in [0.1, 0.15) is 17.4 Å². The zero-order valence-corrected chi connectivity index (χ0v) is 15.5. The molecule has 0 spiro atoms. The summed E-state index contributed by atoms with van der Waals surface area (Å²) in [5.41, 5.74) is -1.56. The second-order valence-electron chi connectivity index (χ2n) is 7.24. The summed E-state index contributed by atoms with van der Waals surface area (Å²) in [6, 6.07) is 4.26. The number of alkyl halides is 3. The van der Waals surface area contributed by atoms with Crippen LogP contribution in [-0.2, 0) is 11.0 Å². The van der Waals surface area contributed by atoms with Gasteiger partial charge in [-0.05, 0) is 43.0 Å². The first kappa shape index (κ1) is 20.1. The van der Waals surface area contributed by atoms with E-state index in [4.69, 9.17) is 0 Å². The van der Waals surface area contributed by atoms with Crippen molar-refractivity contribution in [3.63, 3.8) is 0 Å². The van der Waals surface area contributed by atoms with Gasteiger partial charge in [-0.25, -0.2) is 4.98 Å². The van der Waals surface area contributed by atoms with Crippen molar-refractivity contribution in [1.29, 1.82) is 0 Å². The van der Waals surface area contributed by atoms with E-state index < -0.39 is 29.2 Å². The SMILES string of the molecule is Cc1ccc(NC(=O)C(CC2CCCC2)n2cccc(C(F)(F)F)c2=O)nc1. The van der Waals surface area contributed by atoms with E-state index in [1.807, 2.05) is 6.92 Å². The van der Waals surface area contributed by atoms with Crippen LogP contribution in [0.1, 0.15) is 49.3 Å². The van der Waals surface area contributed by atoms with Gasteiger partial charge in [-0.1, -0.05) is 31.7 Å². The Labute approximate surface area is 160 Å². The molecule has 1 saturated carbocycles. The molecule has 3 rings (SSSR count). The quantitative estimate of drug-likeness (QED) is 0.822. The number of nitrogens with one attached hydrogen (secondary N) is 1. The van der Waals surface area contributed by atoms with Gasteiger partial charge in [0.25, 0.3) is 5.56 Å². The molecule has 0 aromatic carbocycles. The lowest BCUT2D eigenvalue weighted by molar-refractivity contribution is -0.139. The van der Waals surface area contributed by atoms with Crippen LogP contribution in [0, 0.1) is 12.8 Å². The van der Waals surface area contributed by atoms with Crippen molar-refractivity contribution in [2.24, 2.45) is 5.92 Å². The molecule has 1 aliphatic rings. The van der Waals surface area contributed by atoms with Crippen molar-refractivity contribution in [2.45, 2.75) is 51.2 Å². The molecule has 1 unspecified atom stereocenters. The monoisotopic (exact) mass is 393 g/mol. The van der Waals surface area contributed by atoms with E-state index in [0.717, 1.165) is 47.9 Å². The van der Waals surface area contributed by atoms with E-state index in [2.05, 4.69) is 10.3 Å². The number of pyridine rings is 2. The Morgan fingerprint density at radius 2 is 2.00 bits per heavy atom. The van der Waals surface area contributed by atoms with Crippen molar-refractivity contribution in [3.8, 4) is 0 Å². The van der Waals surface area contributed by atoms with Gasteiger partial charge in [0.15, 0.2) is 0 Å². The summed E-state index contributed by atoms with van der Waals surface area (Å²) < 4.78 is 40.4. The van der Waals surface area contributed by atoms with E-state index in [1.165, 1.54) is 6.20 Å². The Morgan fingerprint density at radius 3 is 2.61 bits per heavy atom. The fourth-order valence-electron chi connectivity index (χ4n) is 3.63. The number of carbonyl (C=O) groups is 1. The Balaban J connectivity index is 1.94. The summed E-state index contributed by atoms with van der Waals surface area (Å²) in [7, 11) is 0. The minimum absolute atomic E-state index is 0.197. The molecule has 8 heteroatoms. The molecule has 0 saturated heterocycles. The molecule has 28 heavy (non-hydrogen) atoms. The third-order valence-corrected chi connectivity index (χ3v) is 5.11. The van der Waals surface area contributed by atoms with Crippen LogP contribution in [0.15, 0.2) is 41.5 Å². The van der Waals surface area contributed by atoms with Gasteiger partial charge in [0, 0.05) is 12.4 Å². The first-order valence-electron chi connectivity index (χ1n) is 9.27. The third kappa shape index (κ3) is 4.61. The highest BCUT2D eigenvalue weighted by Crippen LogP contribution is 2.33. The smallest absolute Gasteiger partial charge is 0.309 e. The molecule has 0 radical (unpaired) electrons. The van der Waals surface area contributed by atoms with E-state index in [0.29, 0.717) is 12.2 Å². The second-order valence-corrected chi connectivity index (χ2v) is 7.24. The normalized spacial score (nSPS) is 16.1. The molecule has 1 fully saturated rings. The van der Waals surface area contributed by atoms with Crippen LogP contribution in [0.2, 0.25) is 0 Å². The molecule has 2 aromatic heterocycles. The predicted octanol–water partition coefficient (Wildman–Crippen LogP) is 4.33. The highest BCUT2D eigenvalue weighted by atomic mass is 19.4. The maximum absolute atomic E-state index is 13.2. The third-order valence-electron chi connectivity index (χ3n) is 5.11. The molecular weight excluding hydrogens is 371 g/mol. The number of rotatable bonds is 5. The van der Waals surface area contributed by atoms with E-state index >= 15 is 0 Å². The number of hydrogen-bond acceptors (Lipinski definition) is 3. The zero-order valence-electron chi connectivity index (χ0n) is 15.5. The van der Waals surface area contributed by atoms with Crippen LogP contribution in [0.3, 0.4) is 0 Å². The van der Waals surface area contributed by atoms with Crippen LogP contribution in [0.4, 0.5) is 19.0 Å². The number of nitrogens with zero attached hydrogens (tertiary/aromatic N) is 2. The lowest BCUT2D eigenvalue weighted by Gasteiger charge is -2.23. The lowest BCUT2D eigenvalue weighted by Crippen LogP contribution is -2.37. The lowest BCUT2D eigenvalue weighted by atomic mass is 9.97. The van der Waals surface area contributed by atoms with Crippen LogP contribution in [0.25, 0.3) is 0 Å². The molecule has 2 heterocycles. The van der Waals surface area contributed by atoms with Gasteiger partial charge in [0.05, 0.1) is 0 Å². The molecule has 150 valence electrons. The van der Waals surface area contributed by atoms with Crippen molar-refractivity contribution < 1.29 is 18.0 Å². The van der Waals surface area contributed by atoms with Gasteiger partial charge in [-0.2, -0.15) is 13.2 Å². The summed E-state index contributed by atoms with van der Waals surface area (Å²) >= 11 is 0. The van der Waals surface area contributed by atoms with Gasteiger partial charge >= 0.3 is 6.18 Å². The Morgan fingerprint density at radius 1 is 1.29 bits per heavy atom. The maximum Gasteiger partial charge on any atom is 0.421 e. The number of hydrogen-bond donors (Lipinski definition) is 1. The van der Waals surface area contributed by atoms with Crippen LogP contribution >= 0.6 is 0 Å². The summed E-state index contributed by atoms with van der Waals surface area (Å²) in [6.45, 7) is 1.85. The van der Waals surface area contributed by atoms with Crippen LogP contribution in [-0.4, -0.2) is 15.5 Å². The maximum atomic E-state index is 13.2. The van der Waals surface area contributed by atoms with Gasteiger partial charge < -0.3 is 9.88 Å². The molecule has 1 N–H and O–H groups in total. The molecule has 1 aliphatic carbocycles. The average molecular weight is 393 g/mol. The fraction of sp³-hybridized carbons (Fsp3) is 0.450. The van der Waals surface area contributed by atoms with Crippen molar-refractivity contribution >= 4 is 11.7 Å². The largest absolute Gasteiger partial charge is 0.421 e. The Hall–Kier alpha value is -2.64. The topological polar surface area (TPSA) is 64.0 Å². The number of anilines is 1. The van der Waals surface area contributed by atoms with Crippen LogP contribution < -0.4 is 10.9 Å². The number of aryl methyl sites for hydroxylation is 1. The Bertz CT molecular complexity index is 885. The predicted molar refractivity (Wildman–Crippen MR) is 98.9 cm³/mol. The molecular formula is C20H22F3N3O2. The minimum atomic E-state index is -4.77. The summed E-state index contributed by atoms with van der Waals surface area (Å²) in [4.78, 5) is 29.5. The van der Waals surface area contributed by atoms with Crippen LogP contribution in [0.5, 0.6) is 0 Å². The van der Waals surface area contributed by atoms with E-state index in [1.54, 1.807) is 18.3 Å². The standard InChI is InChI=1S/C20H22F3N3O2/c1-13-8-9-17(24-12-13)25-18(27)16(11-14-5-2-3-6-14)26-10-4-7-15(19(26)28)20(21,22)23/h4,7-10,12,14,16H,2-3,5-6,11H2,1H3,(H,24,25,27). The molecule has 0 aliphatic heterocycles. The molecule has 1 atom stereocenters. The van der Waals surface area contributed by atoms with E-state index in [9.17, 15) is 22.8 Å². The number of carbonyl (C=O) groups excluding carboxylic acids is 1. The summed E-state index contributed by atoms with van der Waals surface area (Å²) in [5, 5.41) is 2.64. The van der Waals surface area contributed by atoms with Gasteiger partial charge in [-0.3, -0.25) is 9.59 Å². The molecule has 5 nitrogen and oxygen atoms in total. The highest BCUT2D eigenvalue weighted by molar-refractivity contribution is 5.92. The minimum Gasteiger partial charge on any atom is -0.309 e. The first-order chi connectivity index (χ1) is 13.3. The first-order valence-corrected chi connectivity index (χ1v) is 9.27. The fourth-order valence-corrected chi connectivity index (χ4v) is 3.63. The summed E-state index contributed by atoms with van der Waals surface area (Å²) in [6.07, 6.45) is 2.23. The second kappa shape index (κ2) is 8.16. The number of halogens is 3. The number of amides is 1. The van der Waals surface area contributed by atoms with Crippen molar-refractivity contribution in [3.05, 3.63) is 58.1 Å². The van der Waals surface area contributed by atoms with Gasteiger partial charge in [-0.15, -0.1) is 0 Å². The molecule has 2 aromatic rings. The highest BCUT2D eigenvalue weighted by Gasteiger charge is 2.36. The number of aromatic nitrogens is 2. The van der Waals surface area contributed by atoms with Gasteiger partial charge in [0.2, 0.25) is 5.91 Å².